The summed E-state index contributed by atoms with van der Waals surface area (Å²) in [6.45, 7) is 9.04. The molecule has 0 unspecified atom stereocenters. The third-order valence-corrected chi connectivity index (χ3v) is 4.80. The smallest absolute Gasteiger partial charge is 0.223 e. The van der Waals surface area contributed by atoms with E-state index < -0.39 is 0 Å². The highest BCUT2D eigenvalue weighted by Gasteiger charge is 2.23. The first-order valence-electron chi connectivity index (χ1n) is 6.62. The molecule has 0 spiro atoms. The van der Waals surface area contributed by atoms with Crippen molar-refractivity contribution in [3.8, 4) is 0 Å². The van der Waals surface area contributed by atoms with E-state index >= 15 is 0 Å². The van der Waals surface area contributed by atoms with Crippen molar-refractivity contribution >= 4 is 23.5 Å². The molecule has 2 rings (SSSR count). The number of fused-ring (bicyclic) bond motifs is 1. The molecule has 0 aromatic heterocycles. The zero-order valence-corrected chi connectivity index (χ0v) is 13.2. The molecule has 4 heteroatoms. The lowest BCUT2D eigenvalue weighted by Gasteiger charge is -2.30. The molecular formula is C15H22N2OS. The van der Waals surface area contributed by atoms with Gasteiger partial charge in [-0.1, -0.05) is 0 Å². The fourth-order valence-electron chi connectivity index (χ4n) is 2.06. The predicted molar refractivity (Wildman–Crippen MR) is 81.5 cm³/mol. The number of nitrogens with zero attached hydrogens (tertiary/aromatic N) is 2. The first-order valence-corrected chi connectivity index (χ1v) is 7.39. The summed E-state index contributed by atoms with van der Waals surface area (Å²) in [5.41, 5.74) is 2.49. The molecule has 1 aliphatic heterocycles. The van der Waals surface area contributed by atoms with Crippen LogP contribution in [-0.4, -0.2) is 29.3 Å². The molecule has 0 saturated carbocycles. The average molecular weight is 278 g/mol. The quantitative estimate of drug-likeness (QED) is 0.775. The van der Waals surface area contributed by atoms with Gasteiger partial charge in [0.1, 0.15) is 0 Å². The Hall–Kier alpha value is -1.00. The van der Waals surface area contributed by atoms with E-state index in [0.29, 0.717) is 0 Å². The minimum Gasteiger partial charge on any atom is -0.312 e. The second kappa shape index (κ2) is 5.17. The normalized spacial score (nSPS) is 14.9. The lowest BCUT2D eigenvalue weighted by atomic mass is 10.1. The van der Waals surface area contributed by atoms with Crippen LogP contribution in [0.1, 0.15) is 33.3 Å². The second-order valence-corrected chi connectivity index (χ2v) is 7.17. The summed E-state index contributed by atoms with van der Waals surface area (Å²) in [4.78, 5) is 14.6. The number of carbonyl (C=O) groups is 1. The van der Waals surface area contributed by atoms with Crippen molar-refractivity contribution in [2.45, 2.75) is 44.6 Å². The van der Waals surface area contributed by atoms with Crippen LogP contribution in [-0.2, 0) is 11.2 Å². The van der Waals surface area contributed by atoms with Crippen LogP contribution in [0.2, 0.25) is 0 Å². The number of hydrogen-bond donors (Lipinski definition) is 0. The molecular weight excluding hydrogens is 256 g/mol. The highest BCUT2D eigenvalue weighted by Crippen LogP contribution is 2.34. The maximum absolute atomic E-state index is 11.5. The topological polar surface area (TPSA) is 23.6 Å². The van der Waals surface area contributed by atoms with Crippen molar-refractivity contribution in [2.24, 2.45) is 0 Å². The van der Waals surface area contributed by atoms with E-state index in [9.17, 15) is 4.79 Å². The van der Waals surface area contributed by atoms with E-state index in [1.807, 2.05) is 4.90 Å². The SMILES string of the molecule is CC(=O)N1CCc2cc(SN(C)C(C)(C)C)ccc21. The van der Waals surface area contributed by atoms with Crippen molar-refractivity contribution in [3.05, 3.63) is 23.8 Å². The van der Waals surface area contributed by atoms with Gasteiger partial charge in [0.25, 0.3) is 0 Å². The van der Waals surface area contributed by atoms with Gasteiger partial charge in [-0.05, 0) is 70.0 Å². The van der Waals surface area contributed by atoms with E-state index in [4.69, 9.17) is 0 Å². The van der Waals surface area contributed by atoms with Gasteiger partial charge < -0.3 is 4.90 Å². The van der Waals surface area contributed by atoms with Gasteiger partial charge in [-0.25, -0.2) is 4.31 Å². The molecule has 0 aliphatic carbocycles. The lowest BCUT2D eigenvalue weighted by molar-refractivity contribution is -0.116. The Morgan fingerprint density at radius 2 is 2.05 bits per heavy atom. The third kappa shape index (κ3) is 3.12. The fraction of sp³-hybridized carbons (Fsp3) is 0.533. The fourth-order valence-corrected chi connectivity index (χ4v) is 2.97. The van der Waals surface area contributed by atoms with Gasteiger partial charge in [0.15, 0.2) is 0 Å². The Bertz CT molecular complexity index is 493. The highest BCUT2D eigenvalue weighted by atomic mass is 32.2. The number of benzene rings is 1. The Morgan fingerprint density at radius 1 is 1.37 bits per heavy atom. The number of hydrogen-bond acceptors (Lipinski definition) is 3. The summed E-state index contributed by atoms with van der Waals surface area (Å²) in [7, 11) is 2.11. The number of rotatable bonds is 2. The number of anilines is 1. The molecule has 1 heterocycles. The molecule has 1 aliphatic rings. The molecule has 3 nitrogen and oxygen atoms in total. The van der Waals surface area contributed by atoms with Crippen molar-refractivity contribution in [1.29, 1.82) is 0 Å². The summed E-state index contributed by atoms with van der Waals surface area (Å²) < 4.78 is 2.26. The van der Waals surface area contributed by atoms with Crippen LogP contribution in [0.15, 0.2) is 23.1 Å². The summed E-state index contributed by atoms with van der Waals surface area (Å²) in [5, 5.41) is 0. The van der Waals surface area contributed by atoms with E-state index in [2.05, 4.69) is 50.3 Å². The molecule has 104 valence electrons. The third-order valence-electron chi connectivity index (χ3n) is 3.51. The monoisotopic (exact) mass is 278 g/mol. The van der Waals surface area contributed by atoms with Gasteiger partial charge in [-0.15, -0.1) is 0 Å². The van der Waals surface area contributed by atoms with Gasteiger partial charge in [0, 0.05) is 29.6 Å². The number of carbonyl (C=O) groups excluding carboxylic acids is 1. The van der Waals surface area contributed by atoms with Gasteiger partial charge in [0.05, 0.1) is 0 Å². The van der Waals surface area contributed by atoms with Gasteiger partial charge in [0.2, 0.25) is 5.91 Å². The molecule has 0 saturated heterocycles. The summed E-state index contributed by atoms with van der Waals surface area (Å²) in [6.07, 6.45) is 0.961. The van der Waals surface area contributed by atoms with Crippen LogP contribution in [0.3, 0.4) is 0 Å². The molecule has 0 fully saturated rings. The Labute approximate surface area is 120 Å². The molecule has 0 atom stereocenters. The molecule has 0 N–H and O–H groups in total. The summed E-state index contributed by atoms with van der Waals surface area (Å²) >= 11 is 1.76. The van der Waals surface area contributed by atoms with Gasteiger partial charge in [-0.3, -0.25) is 4.79 Å². The molecule has 1 amide bonds. The van der Waals surface area contributed by atoms with Crippen LogP contribution >= 0.6 is 11.9 Å². The average Bonchev–Trinajstić information content (AvgIpc) is 2.70. The van der Waals surface area contributed by atoms with E-state index in [0.717, 1.165) is 18.7 Å². The van der Waals surface area contributed by atoms with Crippen molar-refractivity contribution in [2.75, 3.05) is 18.5 Å². The minimum absolute atomic E-state index is 0.131. The predicted octanol–water partition coefficient (Wildman–Crippen LogP) is 3.33. The van der Waals surface area contributed by atoms with Crippen LogP contribution in [0, 0.1) is 0 Å². The minimum atomic E-state index is 0.131. The van der Waals surface area contributed by atoms with Crippen LogP contribution in [0.4, 0.5) is 5.69 Å². The van der Waals surface area contributed by atoms with Crippen molar-refractivity contribution < 1.29 is 4.79 Å². The zero-order chi connectivity index (χ0) is 14.2. The Morgan fingerprint density at radius 3 is 2.63 bits per heavy atom. The molecule has 0 radical (unpaired) electrons. The summed E-state index contributed by atoms with van der Waals surface area (Å²) in [5.74, 6) is 0.131. The maximum Gasteiger partial charge on any atom is 0.223 e. The molecule has 0 bridgehead atoms. The second-order valence-electron chi connectivity index (χ2n) is 5.97. The van der Waals surface area contributed by atoms with Crippen LogP contribution in [0.5, 0.6) is 0 Å². The maximum atomic E-state index is 11.5. The van der Waals surface area contributed by atoms with Crippen molar-refractivity contribution in [1.82, 2.24) is 4.31 Å². The standard InChI is InChI=1S/C15H22N2OS/c1-11(18)17-9-8-12-10-13(6-7-14(12)17)19-16(5)15(2,3)4/h6-7,10H,8-9H2,1-5H3. The number of amides is 1. The van der Waals surface area contributed by atoms with Crippen LogP contribution in [0.25, 0.3) is 0 Å². The van der Waals surface area contributed by atoms with Crippen LogP contribution < -0.4 is 4.90 Å². The molecule has 19 heavy (non-hydrogen) atoms. The first kappa shape index (κ1) is 14.4. The lowest BCUT2D eigenvalue weighted by Crippen LogP contribution is -2.32. The summed E-state index contributed by atoms with van der Waals surface area (Å²) in [6, 6.07) is 6.39. The van der Waals surface area contributed by atoms with Gasteiger partial charge in [-0.2, -0.15) is 0 Å². The van der Waals surface area contributed by atoms with Gasteiger partial charge >= 0.3 is 0 Å². The molecule has 1 aromatic carbocycles. The van der Waals surface area contributed by atoms with E-state index in [1.54, 1.807) is 18.9 Å². The first-order chi connectivity index (χ1) is 8.79. The largest absolute Gasteiger partial charge is 0.312 e. The Kier molecular flexibility index (Phi) is 3.92. The highest BCUT2D eigenvalue weighted by molar-refractivity contribution is 7.97. The van der Waals surface area contributed by atoms with E-state index in [-0.39, 0.29) is 11.4 Å². The Balaban J connectivity index is 2.17. The zero-order valence-electron chi connectivity index (χ0n) is 12.4. The van der Waals surface area contributed by atoms with Crippen molar-refractivity contribution in [3.63, 3.8) is 0 Å². The molecule has 1 aromatic rings. The van der Waals surface area contributed by atoms with E-state index in [1.165, 1.54) is 10.5 Å².